The van der Waals surface area contributed by atoms with E-state index < -0.39 is 29.2 Å². The van der Waals surface area contributed by atoms with Crippen molar-refractivity contribution in [2.24, 2.45) is 11.8 Å². The van der Waals surface area contributed by atoms with E-state index in [9.17, 15) is 31.1 Å². The zero-order valence-electron chi connectivity index (χ0n) is 24.4. The number of halogens is 6. The lowest BCUT2D eigenvalue weighted by molar-refractivity contribution is -0.139. The molecule has 0 fully saturated rings. The van der Waals surface area contributed by atoms with Crippen molar-refractivity contribution in [2.45, 2.75) is 72.8 Å². The molecule has 0 saturated carbocycles. The van der Waals surface area contributed by atoms with Gasteiger partial charge in [0.05, 0.1) is 12.1 Å². The molecule has 2 heterocycles. The molecule has 0 aliphatic carbocycles. The summed E-state index contributed by atoms with van der Waals surface area (Å²) < 4.78 is 85.6. The predicted molar refractivity (Wildman–Crippen MR) is 149 cm³/mol. The summed E-state index contributed by atoms with van der Waals surface area (Å²) in [5.41, 5.74) is -1.48. The molecule has 0 saturated heterocycles. The van der Waals surface area contributed by atoms with Crippen LogP contribution in [0.3, 0.4) is 0 Å². The van der Waals surface area contributed by atoms with E-state index in [1.807, 2.05) is 18.7 Å². The number of carbonyl (C=O) groups is 1. The van der Waals surface area contributed by atoms with Gasteiger partial charge in [0, 0.05) is 30.3 Å². The molecule has 42 heavy (non-hydrogen) atoms. The number of nitrogens with zero attached hydrogens (tertiary/aromatic N) is 4. The van der Waals surface area contributed by atoms with E-state index in [2.05, 4.69) is 25.8 Å². The smallest absolute Gasteiger partial charge is 0.335 e. The third-order valence-corrected chi connectivity index (χ3v) is 8.05. The van der Waals surface area contributed by atoms with Crippen molar-refractivity contribution in [1.29, 1.82) is 0 Å². The Morgan fingerprint density at radius 1 is 0.952 bits per heavy atom. The van der Waals surface area contributed by atoms with Crippen molar-refractivity contribution in [2.75, 3.05) is 18.0 Å². The van der Waals surface area contributed by atoms with Crippen LogP contribution in [0.4, 0.5) is 32.2 Å². The highest BCUT2D eigenvalue weighted by Crippen LogP contribution is 2.40. The highest BCUT2D eigenvalue weighted by molar-refractivity contribution is 6.00. The van der Waals surface area contributed by atoms with Crippen LogP contribution < -0.4 is 4.90 Å². The first kappa shape index (κ1) is 31.4. The molecule has 2 aromatic carbocycles. The van der Waals surface area contributed by atoms with E-state index in [0.29, 0.717) is 37.5 Å². The minimum atomic E-state index is -4.97. The van der Waals surface area contributed by atoms with Crippen molar-refractivity contribution in [3.05, 3.63) is 70.7 Å². The number of imidazole rings is 1. The highest BCUT2D eigenvalue weighted by Gasteiger charge is 2.42. The summed E-state index contributed by atoms with van der Waals surface area (Å²) in [5.74, 6) is -2.74. The SMILES string of the molecule is CCCCC1N(CC)C(=O)c2nc(-c3ccc(F)c(C(F)(F)F)c3)n(Cc3ccc(F)cc3F)c2N1CC(C)C(C)C. The summed E-state index contributed by atoms with van der Waals surface area (Å²) in [5, 5.41) is 0. The van der Waals surface area contributed by atoms with Crippen LogP contribution in [0, 0.1) is 29.3 Å². The Labute approximate surface area is 242 Å². The maximum absolute atomic E-state index is 15.0. The third kappa shape index (κ3) is 6.15. The number of fused-ring (bicyclic) bond motifs is 1. The number of benzene rings is 2. The van der Waals surface area contributed by atoms with E-state index >= 15 is 0 Å². The fourth-order valence-corrected chi connectivity index (χ4v) is 5.31. The second-order valence-electron chi connectivity index (χ2n) is 11.2. The molecular formula is C31H36F6N4O. The number of hydrogen-bond acceptors (Lipinski definition) is 3. The average molecular weight is 595 g/mol. The Hall–Kier alpha value is -3.50. The van der Waals surface area contributed by atoms with Crippen LogP contribution in [0.5, 0.6) is 0 Å². The molecule has 11 heteroatoms. The Bertz CT molecular complexity index is 1430. The maximum atomic E-state index is 15.0. The minimum Gasteiger partial charge on any atom is -0.335 e. The van der Waals surface area contributed by atoms with E-state index in [-0.39, 0.29) is 53.1 Å². The molecule has 228 valence electrons. The van der Waals surface area contributed by atoms with Gasteiger partial charge < -0.3 is 14.4 Å². The molecule has 0 N–H and O–H groups in total. The number of rotatable bonds is 10. The molecule has 1 amide bonds. The zero-order valence-corrected chi connectivity index (χ0v) is 24.4. The molecule has 0 spiro atoms. The molecule has 0 bridgehead atoms. The number of alkyl halides is 3. The Kier molecular flexibility index (Phi) is 9.27. The maximum Gasteiger partial charge on any atom is 0.419 e. The Morgan fingerprint density at radius 2 is 1.67 bits per heavy atom. The number of aromatic nitrogens is 2. The van der Waals surface area contributed by atoms with Crippen LogP contribution in [0.15, 0.2) is 36.4 Å². The molecule has 1 aliphatic rings. The lowest BCUT2D eigenvalue weighted by atomic mass is 9.96. The fraction of sp³-hybridized carbons (Fsp3) is 0.484. The van der Waals surface area contributed by atoms with Gasteiger partial charge in [-0.25, -0.2) is 18.2 Å². The largest absolute Gasteiger partial charge is 0.419 e. The third-order valence-electron chi connectivity index (χ3n) is 8.05. The molecule has 5 nitrogen and oxygen atoms in total. The summed E-state index contributed by atoms with van der Waals surface area (Å²) in [6.45, 7) is 10.8. The van der Waals surface area contributed by atoms with E-state index in [0.717, 1.165) is 31.0 Å². The molecule has 2 unspecified atom stereocenters. The first-order chi connectivity index (χ1) is 19.8. The quantitative estimate of drug-likeness (QED) is 0.223. The van der Waals surface area contributed by atoms with Crippen LogP contribution >= 0.6 is 0 Å². The van der Waals surface area contributed by atoms with Gasteiger partial charge in [-0.05, 0) is 55.9 Å². The van der Waals surface area contributed by atoms with Crippen molar-refractivity contribution in [1.82, 2.24) is 14.5 Å². The first-order valence-corrected chi connectivity index (χ1v) is 14.3. The minimum absolute atomic E-state index is 0.0240. The number of carbonyl (C=O) groups excluding carboxylic acids is 1. The first-order valence-electron chi connectivity index (χ1n) is 14.3. The highest BCUT2D eigenvalue weighted by atomic mass is 19.4. The number of unbranched alkanes of at least 4 members (excludes halogenated alkanes) is 1. The number of amides is 1. The Balaban J connectivity index is 2.02. The van der Waals surface area contributed by atoms with E-state index in [1.54, 1.807) is 4.90 Å². The second-order valence-corrected chi connectivity index (χ2v) is 11.2. The standard InChI is InChI=1S/C31H36F6N4O/c1-6-8-9-26-39(7-2)30(42)27-29(40(26)16-19(5)18(3)4)41(17-21-10-12-22(32)15-25(21)34)28(38-27)20-11-13-24(33)23(14-20)31(35,36)37/h10-15,18-19,26H,6-9,16-17H2,1-5H3. The monoisotopic (exact) mass is 594 g/mol. The van der Waals surface area contributed by atoms with Crippen molar-refractivity contribution < 1.29 is 31.1 Å². The van der Waals surface area contributed by atoms with Gasteiger partial charge >= 0.3 is 6.18 Å². The van der Waals surface area contributed by atoms with Gasteiger partial charge in [0.15, 0.2) is 5.69 Å². The average Bonchev–Trinajstić information content (AvgIpc) is 3.29. The Morgan fingerprint density at radius 3 is 2.26 bits per heavy atom. The number of anilines is 1. The van der Waals surface area contributed by atoms with Crippen LogP contribution in [-0.4, -0.2) is 39.6 Å². The topological polar surface area (TPSA) is 41.4 Å². The molecule has 3 aromatic rings. The second kappa shape index (κ2) is 12.4. The van der Waals surface area contributed by atoms with Crippen molar-refractivity contribution >= 4 is 11.7 Å². The van der Waals surface area contributed by atoms with Gasteiger partial charge in [-0.1, -0.05) is 40.2 Å². The lowest BCUT2D eigenvalue weighted by Crippen LogP contribution is -2.57. The van der Waals surface area contributed by atoms with Gasteiger partial charge in [0.2, 0.25) is 0 Å². The summed E-state index contributed by atoms with van der Waals surface area (Å²) in [4.78, 5) is 22.2. The van der Waals surface area contributed by atoms with Gasteiger partial charge in [-0.2, -0.15) is 13.2 Å². The molecule has 0 radical (unpaired) electrons. The van der Waals surface area contributed by atoms with Gasteiger partial charge in [-0.3, -0.25) is 4.79 Å². The number of hydrogen-bond donors (Lipinski definition) is 0. The van der Waals surface area contributed by atoms with Crippen LogP contribution in [0.2, 0.25) is 0 Å². The van der Waals surface area contributed by atoms with Gasteiger partial charge in [0.25, 0.3) is 5.91 Å². The van der Waals surface area contributed by atoms with Gasteiger partial charge in [0.1, 0.15) is 35.3 Å². The van der Waals surface area contributed by atoms with Crippen LogP contribution in [-0.2, 0) is 12.7 Å². The van der Waals surface area contributed by atoms with Crippen molar-refractivity contribution in [3.63, 3.8) is 0 Å². The molecule has 1 aromatic heterocycles. The summed E-state index contributed by atoms with van der Waals surface area (Å²) >= 11 is 0. The van der Waals surface area contributed by atoms with Gasteiger partial charge in [-0.15, -0.1) is 0 Å². The summed E-state index contributed by atoms with van der Waals surface area (Å²) in [6, 6.07) is 5.59. The molecule has 4 rings (SSSR count). The van der Waals surface area contributed by atoms with Crippen molar-refractivity contribution in [3.8, 4) is 11.4 Å². The molecule has 1 aliphatic heterocycles. The van der Waals surface area contributed by atoms with Crippen LogP contribution in [0.1, 0.15) is 75.5 Å². The summed E-state index contributed by atoms with van der Waals surface area (Å²) in [6.07, 6.45) is -3.00. The lowest BCUT2D eigenvalue weighted by Gasteiger charge is -2.45. The van der Waals surface area contributed by atoms with E-state index in [4.69, 9.17) is 0 Å². The fourth-order valence-electron chi connectivity index (χ4n) is 5.31. The summed E-state index contributed by atoms with van der Waals surface area (Å²) in [7, 11) is 0. The normalized spacial score (nSPS) is 16.4. The zero-order chi connectivity index (χ0) is 30.9. The molecular weight excluding hydrogens is 558 g/mol. The molecule has 2 atom stereocenters. The predicted octanol–water partition coefficient (Wildman–Crippen LogP) is 8.13. The van der Waals surface area contributed by atoms with Crippen LogP contribution in [0.25, 0.3) is 11.4 Å². The van der Waals surface area contributed by atoms with E-state index in [1.165, 1.54) is 10.6 Å².